The van der Waals surface area contributed by atoms with E-state index in [1.807, 2.05) is 54.9 Å². The van der Waals surface area contributed by atoms with Gasteiger partial charge in [0, 0.05) is 29.5 Å². The summed E-state index contributed by atoms with van der Waals surface area (Å²) >= 11 is 5.93. The molecule has 25 heavy (non-hydrogen) atoms. The minimum atomic E-state index is 0.601. The smallest absolute Gasteiger partial charge is 0.160 e. The standard InChI is InChI=1S/C20H13ClN4/c21-17-6-4-14(5-7-17)12-25-9-8-18-19(13-25)24-20(23-18)16-3-1-2-15(10-16)11-22/h1-10,13H,12H2. The first kappa shape index (κ1) is 15.4. The molecule has 0 amide bonds. The van der Waals surface area contributed by atoms with Crippen LogP contribution >= 0.6 is 11.6 Å². The van der Waals surface area contributed by atoms with E-state index in [2.05, 4.69) is 20.6 Å². The van der Waals surface area contributed by atoms with E-state index < -0.39 is 0 Å². The molecule has 0 fully saturated rings. The third kappa shape index (κ3) is 3.23. The number of hydrogen-bond donors (Lipinski definition) is 0. The van der Waals surface area contributed by atoms with Crippen molar-refractivity contribution in [2.24, 2.45) is 0 Å². The fourth-order valence-corrected chi connectivity index (χ4v) is 2.83. The van der Waals surface area contributed by atoms with Gasteiger partial charge in [-0.25, -0.2) is 9.97 Å². The Kier molecular flexibility index (Phi) is 3.93. The van der Waals surface area contributed by atoms with Gasteiger partial charge in [0.05, 0.1) is 17.3 Å². The Labute approximate surface area is 150 Å². The molecule has 0 atom stereocenters. The van der Waals surface area contributed by atoms with Crippen LogP contribution in [0.15, 0.2) is 67.0 Å². The zero-order valence-electron chi connectivity index (χ0n) is 13.2. The number of hydrogen-bond acceptors (Lipinski definition) is 3. The molecule has 0 bridgehead atoms. The Balaban J connectivity index is 1.66. The van der Waals surface area contributed by atoms with Crippen molar-refractivity contribution in [3.05, 3.63) is 83.1 Å². The van der Waals surface area contributed by atoms with Crippen LogP contribution in [0, 0.1) is 11.3 Å². The summed E-state index contributed by atoms with van der Waals surface area (Å²) in [5, 5.41) is 9.77. The van der Waals surface area contributed by atoms with Crippen molar-refractivity contribution >= 4 is 11.6 Å². The van der Waals surface area contributed by atoms with E-state index in [0.29, 0.717) is 11.4 Å². The lowest BCUT2D eigenvalue weighted by molar-refractivity contribution is 0.789. The van der Waals surface area contributed by atoms with Crippen molar-refractivity contribution in [3.8, 4) is 28.8 Å². The zero-order valence-corrected chi connectivity index (χ0v) is 14.0. The van der Waals surface area contributed by atoms with Crippen LogP contribution in [0.3, 0.4) is 0 Å². The molecule has 120 valence electrons. The van der Waals surface area contributed by atoms with Gasteiger partial charge in [-0.3, -0.25) is 0 Å². The average molecular weight is 345 g/mol. The lowest BCUT2D eigenvalue weighted by atomic mass is 10.1. The van der Waals surface area contributed by atoms with Crippen molar-refractivity contribution in [2.45, 2.75) is 6.54 Å². The number of nitrogens with zero attached hydrogens (tertiary/aromatic N) is 4. The van der Waals surface area contributed by atoms with E-state index in [1.165, 1.54) is 0 Å². The maximum Gasteiger partial charge on any atom is 0.160 e. The Hall–Kier alpha value is -3.16. The highest BCUT2D eigenvalue weighted by Gasteiger charge is 2.13. The van der Waals surface area contributed by atoms with Gasteiger partial charge < -0.3 is 4.57 Å². The Morgan fingerprint density at radius 3 is 2.60 bits per heavy atom. The van der Waals surface area contributed by atoms with Crippen LogP contribution in [0.2, 0.25) is 5.02 Å². The van der Waals surface area contributed by atoms with Crippen molar-refractivity contribution in [1.29, 1.82) is 5.26 Å². The van der Waals surface area contributed by atoms with Gasteiger partial charge in [0.2, 0.25) is 0 Å². The average Bonchev–Trinajstić information content (AvgIpc) is 3.07. The molecule has 0 saturated heterocycles. The highest BCUT2D eigenvalue weighted by Crippen LogP contribution is 2.25. The van der Waals surface area contributed by atoms with Crippen LogP contribution in [0.1, 0.15) is 11.1 Å². The van der Waals surface area contributed by atoms with E-state index in [4.69, 9.17) is 16.9 Å². The molecule has 2 aromatic carbocycles. The number of rotatable bonds is 3. The predicted octanol–water partition coefficient (Wildman–Crippen LogP) is 4.62. The molecule has 0 saturated carbocycles. The molecule has 4 nitrogen and oxygen atoms in total. The second-order valence-corrected chi connectivity index (χ2v) is 6.19. The molecule has 0 aromatic heterocycles. The Morgan fingerprint density at radius 1 is 1.00 bits per heavy atom. The van der Waals surface area contributed by atoms with Gasteiger partial charge in [0.15, 0.2) is 5.82 Å². The maximum atomic E-state index is 9.04. The van der Waals surface area contributed by atoms with Gasteiger partial charge in [-0.2, -0.15) is 5.26 Å². The number of fused-ring (bicyclic) bond motifs is 1. The number of aromatic nitrogens is 3. The Bertz CT molecular complexity index is 1040. The molecule has 0 aliphatic carbocycles. The normalized spacial score (nSPS) is 10.7. The molecule has 5 heteroatoms. The van der Waals surface area contributed by atoms with Crippen LogP contribution in [0.25, 0.3) is 22.8 Å². The summed E-state index contributed by atoms with van der Waals surface area (Å²) in [5.41, 5.74) is 4.28. The highest BCUT2D eigenvalue weighted by molar-refractivity contribution is 6.30. The number of nitriles is 1. The van der Waals surface area contributed by atoms with E-state index in [0.717, 1.165) is 34.1 Å². The summed E-state index contributed by atoms with van der Waals surface area (Å²) < 4.78 is 2.07. The predicted molar refractivity (Wildman–Crippen MR) is 97.3 cm³/mol. The highest BCUT2D eigenvalue weighted by atomic mass is 35.5. The first-order valence-electron chi connectivity index (χ1n) is 7.80. The second kappa shape index (κ2) is 6.39. The number of benzene rings is 2. The third-order valence-electron chi connectivity index (χ3n) is 3.96. The molecule has 2 heterocycles. The second-order valence-electron chi connectivity index (χ2n) is 5.75. The van der Waals surface area contributed by atoms with E-state index in [9.17, 15) is 0 Å². The first-order chi connectivity index (χ1) is 12.2. The molecule has 0 radical (unpaired) electrons. The minimum Gasteiger partial charge on any atom is -0.348 e. The quantitative estimate of drug-likeness (QED) is 0.544. The number of halogens is 1. The zero-order chi connectivity index (χ0) is 17.2. The fourth-order valence-electron chi connectivity index (χ4n) is 2.71. The molecule has 2 aromatic rings. The van der Waals surface area contributed by atoms with Crippen LogP contribution < -0.4 is 0 Å². The van der Waals surface area contributed by atoms with E-state index in [1.54, 1.807) is 12.1 Å². The van der Waals surface area contributed by atoms with Gasteiger partial charge in [-0.05, 0) is 35.9 Å². The summed E-state index contributed by atoms with van der Waals surface area (Å²) in [6, 6.07) is 19.2. The molecule has 0 spiro atoms. The Morgan fingerprint density at radius 2 is 1.80 bits per heavy atom. The first-order valence-corrected chi connectivity index (χ1v) is 8.17. The fraction of sp³-hybridized carbons (Fsp3) is 0.0500. The van der Waals surface area contributed by atoms with Crippen molar-refractivity contribution in [2.75, 3.05) is 0 Å². The molecule has 4 rings (SSSR count). The summed E-state index contributed by atoms with van der Waals surface area (Å²) in [6.45, 7) is 0.735. The van der Waals surface area contributed by atoms with Crippen LogP contribution in [-0.2, 0) is 6.54 Å². The summed E-state index contributed by atoms with van der Waals surface area (Å²) in [6.07, 6.45) is 3.97. The lowest BCUT2D eigenvalue weighted by Crippen LogP contribution is -2.00. The summed E-state index contributed by atoms with van der Waals surface area (Å²) in [4.78, 5) is 9.18. The molecule has 2 aliphatic rings. The third-order valence-corrected chi connectivity index (χ3v) is 4.21. The minimum absolute atomic E-state index is 0.601. The monoisotopic (exact) mass is 344 g/mol. The SMILES string of the molecule is N#Cc1cccc(-c2nc3ccn(Cc4ccc(Cl)cc4)cc-3n2)c1. The van der Waals surface area contributed by atoms with Crippen molar-refractivity contribution < 1.29 is 0 Å². The van der Waals surface area contributed by atoms with Gasteiger partial charge in [0.25, 0.3) is 0 Å². The van der Waals surface area contributed by atoms with Crippen molar-refractivity contribution in [1.82, 2.24) is 14.5 Å². The van der Waals surface area contributed by atoms with Gasteiger partial charge in [0.1, 0.15) is 5.69 Å². The largest absolute Gasteiger partial charge is 0.348 e. The molecule has 0 unspecified atom stereocenters. The maximum absolute atomic E-state index is 9.04. The topological polar surface area (TPSA) is 54.5 Å². The lowest BCUT2D eigenvalue weighted by Gasteiger charge is -2.08. The summed E-state index contributed by atoms with van der Waals surface area (Å²) in [5.74, 6) is 0.636. The number of pyridine rings is 1. The van der Waals surface area contributed by atoms with Crippen LogP contribution in [-0.4, -0.2) is 14.5 Å². The molecule has 2 aliphatic heterocycles. The van der Waals surface area contributed by atoms with Gasteiger partial charge >= 0.3 is 0 Å². The van der Waals surface area contributed by atoms with Crippen molar-refractivity contribution in [3.63, 3.8) is 0 Å². The van der Waals surface area contributed by atoms with Gasteiger partial charge in [-0.15, -0.1) is 0 Å². The van der Waals surface area contributed by atoms with Gasteiger partial charge in [-0.1, -0.05) is 35.9 Å². The molecular formula is C20H13ClN4. The van der Waals surface area contributed by atoms with E-state index >= 15 is 0 Å². The van der Waals surface area contributed by atoms with E-state index in [-0.39, 0.29) is 0 Å². The van der Waals surface area contributed by atoms with Crippen LogP contribution in [0.5, 0.6) is 0 Å². The van der Waals surface area contributed by atoms with Crippen LogP contribution in [0.4, 0.5) is 0 Å². The molecular weight excluding hydrogens is 332 g/mol. The molecule has 0 N–H and O–H groups in total. The number of imidazole rings is 1. The summed E-state index contributed by atoms with van der Waals surface area (Å²) in [7, 11) is 0.